The molecule has 4 unspecified atom stereocenters. The van der Waals surface area contributed by atoms with Gasteiger partial charge in [0.25, 0.3) is 12.0 Å². The Morgan fingerprint density at radius 1 is 1.39 bits per heavy atom. The summed E-state index contributed by atoms with van der Waals surface area (Å²) in [7, 11) is -2.02. The van der Waals surface area contributed by atoms with E-state index in [2.05, 4.69) is 17.2 Å². The van der Waals surface area contributed by atoms with E-state index in [-0.39, 0.29) is 18.0 Å². The molecule has 31 heavy (non-hydrogen) atoms. The van der Waals surface area contributed by atoms with Crippen LogP contribution in [0.3, 0.4) is 0 Å². The summed E-state index contributed by atoms with van der Waals surface area (Å²) in [5.74, 6) is 4.31. The van der Waals surface area contributed by atoms with Gasteiger partial charge in [0, 0.05) is 12.3 Å². The van der Waals surface area contributed by atoms with E-state index in [9.17, 15) is 22.8 Å². The fourth-order valence-corrected chi connectivity index (χ4v) is 7.81. The Morgan fingerprint density at radius 3 is 2.68 bits per heavy atom. The Labute approximate surface area is 179 Å². The van der Waals surface area contributed by atoms with E-state index in [4.69, 9.17) is 4.74 Å². The third-order valence-corrected chi connectivity index (χ3v) is 9.99. The van der Waals surface area contributed by atoms with Gasteiger partial charge < -0.3 is 14.6 Å². The van der Waals surface area contributed by atoms with Crippen molar-refractivity contribution < 1.29 is 27.1 Å². The second-order valence-corrected chi connectivity index (χ2v) is 11.9. The Bertz CT molecular complexity index is 941. The van der Waals surface area contributed by atoms with Gasteiger partial charge in [0.2, 0.25) is 5.91 Å². The summed E-state index contributed by atoms with van der Waals surface area (Å²) in [6, 6.07) is 0.796. The summed E-state index contributed by atoms with van der Waals surface area (Å²) in [5, 5.41) is 1.86. The van der Waals surface area contributed by atoms with Gasteiger partial charge in [-0.3, -0.25) is 9.59 Å². The lowest BCUT2D eigenvalue weighted by molar-refractivity contribution is -0.115. The van der Waals surface area contributed by atoms with Crippen molar-refractivity contribution in [3.05, 3.63) is 28.4 Å². The monoisotopic (exact) mass is 462 g/mol. The van der Waals surface area contributed by atoms with Crippen molar-refractivity contribution >= 4 is 21.6 Å². The predicted octanol–water partition coefficient (Wildman–Crippen LogP) is 3.37. The lowest BCUT2D eigenvalue weighted by atomic mass is 10.0. The molecule has 1 aromatic rings. The normalized spacial score (nSPS) is 30.2. The molecule has 0 spiro atoms. The number of nitrogens with zero attached hydrogens (tertiary/aromatic N) is 1. The van der Waals surface area contributed by atoms with Crippen LogP contribution in [0, 0.1) is 29.5 Å². The Balaban J connectivity index is 1.82. The second kappa shape index (κ2) is 9.65. The average Bonchev–Trinajstić information content (AvgIpc) is 2.89. The molecular formula is C21H26F4N2O3S. The van der Waals surface area contributed by atoms with Gasteiger partial charge in [-0.15, -0.1) is 0 Å². The number of halogens is 4. The van der Waals surface area contributed by atoms with Gasteiger partial charge in [-0.25, -0.2) is 27.6 Å². The molecule has 3 rings (SSSR count). The fourth-order valence-electron chi connectivity index (χ4n) is 3.98. The maximum Gasteiger partial charge on any atom is 0.286 e. The first-order valence-electron chi connectivity index (χ1n) is 10.1. The minimum atomic E-state index is -2.86. The van der Waals surface area contributed by atoms with Crippen molar-refractivity contribution in [2.75, 3.05) is 30.5 Å². The first-order chi connectivity index (χ1) is 14.7. The van der Waals surface area contributed by atoms with Gasteiger partial charge >= 0.3 is 0 Å². The second-order valence-electron chi connectivity index (χ2n) is 8.05. The molecule has 1 aromatic heterocycles. The van der Waals surface area contributed by atoms with Gasteiger partial charge in [-0.2, -0.15) is 0 Å². The zero-order valence-electron chi connectivity index (χ0n) is 17.4. The quantitative estimate of drug-likeness (QED) is 0.521. The van der Waals surface area contributed by atoms with Crippen molar-refractivity contribution in [2.24, 2.45) is 11.8 Å². The molecule has 0 aromatic carbocycles. The fraction of sp³-hybridized carbons (Fsp3) is 0.619. The first-order valence-corrected chi connectivity index (χ1v) is 12.4. The lowest BCUT2D eigenvalue weighted by Gasteiger charge is -2.38. The Kier molecular flexibility index (Phi) is 7.37. The summed E-state index contributed by atoms with van der Waals surface area (Å²) in [4.78, 5) is 24.7. The number of carbonyl (C=O) groups is 1. The molecular weight excluding hydrogens is 436 g/mol. The van der Waals surface area contributed by atoms with Crippen LogP contribution in [-0.2, 0) is 16.1 Å². The third-order valence-electron chi connectivity index (χ3n) is 5.64. The van der Waals surface area contributed by atoms with Crippen LogP contribution >= 0.6 is 10.0 Å². The average molecular weight is 463 g/mol. The number of alkyl halides is 3. The minimum Gasteiger partial charge on any atom is -0.379 e. The number of carbonyl (C=O) groups excluding carboxylic acids is 1. The van der Waals surface area contributed by atoms with Crippen LogP contribution < -0.4 is 10.9 Å². The van der Waals surface area contributed by atoms with Gasteiger partial charge in [0.05, 0.1) is 42.5 Å². The molecule has 3 heterocycles. The Morgan fingerprint density at radius 2 is 2.10 bits per heavy atom. The van der Waals surface area contributed by atoms with Crippen LogP contribution in [0.25, 0.3) is 0 Å². The summed E-state index contributed by atoms with van der Waals surface area (Å²) in [6.45, 7) is 1.98. The lowest BCUT2D eigenvalue weighted by Crippen LogP contribution is -2.33. The topological polar surface area (TPSA) is 60.3 Å². The van der Waals surface area contributed by atoms with Crippen molar-refractivity contribution in [2.45, 2.75) is 43.5 Å². The molecule has 0 bridgehead atoms. The van der Waals surface area contributed by atoms with Gasteiger partial charge in [0.15, 0.2) is 5.82 Å². The maximum absolute atomic E-state index is 15.4. The summed E-state index contributed by atoms with van der Waals surface area (Å²) in [5.41, 5.74) is -2.54. The molecule has 0 radical (unpaired) electrons. The number of hydrogen-bond donors (Lipinski definition) is 1. The van der Waals surface area contributed by atoms with Crippen molar-refractivity contribution in [1.82, 2.24) is 4.57 Å². The van der Waals surface area contributed by atoms with Crippen LogP contribution in [0.2, 0.25) is 0 Å². The highest BCUT2D eigenvalue weighted by Crippen LogP contribution is 2.64. The van der Waals surface area contributed by atoms with E-state index >= 15 is 4.39 Å². The molecule has 2 fully saturated rings. The standard InChI is InChI=1S/C21H26F4N2O3S/c1-3-6-31(2)17(7-14(19(31)25)5-4-13-11-30-12-13)20(28)26-15-8-16(22)21(29)27(9-15)10-18(23)24/h8-9,13-14,17-19H,3,6-7,10-12H2,1-2H3,(H,26,28). The van der Waals surface area contributed by atoms with E-state index in [0.717, 1.165) is 12.3 Å². The van der Waals surface area contributed by atoms with Crippen LogP contribution in [0.1, 0.15) is 19.8 Å². The van der Waals surface area contributed by atoms with Crippen molar-refractivity contribution in [3.63, 3.8) is 0 Å². The summed E-state index contributed by atoms with van der Waals surface area (Å²) < 4.78 is 60.3. The molecule has 172 valence electrons. The summed E-state index contributed by atoms with van der Waals surface area (Å²) in [6.07, 6.45) is 0.845. The van der Waals surface area contributed by atoms with Crippen LogP contribution in [0.5, 0.6) is 0 Å². The number of aromatic nitrogens is 1. The molecule has 10 heteroatoms. The third kappa shape index (κ3) is 5.09. The number of rotatable bonds is 6. The molecule has 0 saturated carbocycles. The molecule has 2 aliphatic heterocycles. The van der Waals surface area contributed by atoms with E-state index in [1.54, 1.807) is 6.26 Å². The molecule has 1 N–H and O–H groups in total. The number of pyridine rings is 1. The van der Waals surface area contributed by atoms with Crippen LogP contribution in [-0.4, -0.2) is 52.9 Å². The summed E-state index contributed by atoms with van der Waals surface area (Å²) >= 11 is 0. The largest absolute Gasteiger partial charge is 0.379 e. The number of anilines is 1. The van der Waals surface area contributed by atoms with E-state index in [1.165, 1.54) is 0 Å². The van der Waals surface area contributed by atoms with E-state index in [0.29, 0.717) is 30.0 Å². The van der Waals surface area contributed by atoms with Crippen molar-refractivity contribution in [1.29, 1.82) is 0 Å². The SMILES string of the molecule is CCCS1(C)C(C(=O)Nc2cc(F)c(=O)n(CC(F)F)c2)CC(C#CC2COC2)C1F. The maximum atomic E-state index is 15.4. The van der Waals surface area contributed by atoms with Crippen LogP contribution in [0.4, 0.5) is 23.2 Å². The molecule has 2 aliphatic rings. The van der Waals surface area contributed by atoms with Crippen LogP contribution in [0.15, 0.2) is 17.1 Å². The van der Waals surface area contributed by atoms with Gasteiger partial charge in [0.1, 0.15) is 5.50 Å². The molecule has 5 nitrogen and oxygen atoms in total. The van der Waals surface area contributed by atoms with Gasteiger partial charge in [-0.05, 0) is 24.9 Å². The number of nitrogens with one attached hydrogen (secondary N) is 1. The highest BCUT2D eigenvalue weighted by atomic mass is 32.3. The number of ether oxygens (including phenoxy) is 1. The van der Waals surface area contributed by atoms with E-state index in [1.807, 2.05) is 6.92 Å². The zero-order chi connectivity index (χ0) is 22.8. The predicted molar refractivity (Wildman–Crippen MR) is 113 cm³/mol. The highest BCUT2D eigenvalue weighted by Gasteiger charge is 2.51. The minimum absolute atomic E-state index is 0.0892. The number of amides is 1. The van der Waals surface area contributed by atoms with E-state index < -0.39 is 57.0 Å². The molecule has 1 amide bonds. The smallest absolute Gasteiger partial charge is 0.286 e. The number of hydrogen-bond acceptors (Lipinski definition) is 3. The molecule has 2 saturated heterocycles. The highest BCUT2D eigenvalue weighted by molar-refractivity contribution is 8.34. The van der Waals surface area contributed by atoms with Crippen molar-refractivity contribution in [3.8, 4) is 11.8 Å². The first kappa shape index (κ1) is 23.7. The van der Waals surface area contributed by atoms with Gasteiger partial charge in [-0.1, -0.05) is 18.8 Å². The molecule has 4 atom stereocenters. The Hall–Kier alpha value is -1.99. The zero-order valence-corrected chi connectivity index (χ0v) is 18.2. The molecule has 0 aliphatic carbocycles.